The second-order valence-corrected chi connectivity index (χ2v) is 5.61. The molecule has 0 atom stereocenters. The van der Waals surface area contributed by atoms with Crippen LogP contribution in [-0.4, -0.2) is 44.2 Å². The number of ether oxygens (including phenoxy) is 1. The standard InChI is InChI=1S/C16H23F3N2O/c1-20-8-11-21-9-6-14(7-10-21)22-12-13-4-2-3-5-15(13)16(17,18)19/h2-5,14,20H,6-12H2,1H3. The molecule has 1 aromatic rings. The summed E-state index contributed by atoms with van der Waals surface area (Å²) < 4.78 is 44.5. The molecule has 1 aliphatic rings. The van der Waals surface area contributed by atoms with Gasteiger partial charge in [0.05, 0.1) is 18.3 Å². The van der Waals surface area contributed by atoms with E-state index in [1.807, 2.05) is 7.05 Å². The highest BCUT2D eigenvalue weighted by Crippen LogP contribution is 2.32. The van der Waals surface area contributed by atoms with Gasteiger partial charge in [0, 0.05) is 26.2 Å². The molecule has 0 unspecified atom stereocenters. The average molecular weight is 316 g/mol. The van der Waals surface area contributed by atoms with Crippen molar-refractivity contribution >= 4 is 0 Å². The van der Waals surface area contributed by atoms with Gasteiger partial charge in [-0.1, -0.05) is 18.2 Å². The highest BCUT2D eigenvalue weighted by Gasteiger charge is 2.33. The van der Waals surface area contributed by atoms with Crippen molar-refractivity contribution in [3.05, 3.63) is 35.4 Å². The summed E-state index contributed by atoms with van der Waals surface area (Å²) in [5.74, 6) is 0. The number of piperidine rings is 1. The molecule has 2 rings (SSSR count). The zero-order valence-corrected chi connectivity index (χ0v) is 12.8. The number of hydrogen-bond donors (Lipinski definition) is 1. The van der Waals surface area contributed by atoms with Crippen LogP contribution in [0.5, 0.6) is 0 Å². The van der Waals surface area contributed by atoms with Gasteiger partial charge in [0.2, 0.25) is 0 Å². The summed E-state index contributed by atoms with van der Waals surface area (Å²) in [6.45, 7) is 3.85. The lowest BCUT2D eigenvalue weighted by Gasteiger charge is -2.32. The fraction of sp³-hybridized carbons (Fsp3) is 0.625. The highest BCUT2D eigenvalue weighted by atomic mass is 19.4. The molecule has 0 amide bonds. The molecule has 0 aliphatic carbocycles. The van der Waals surface area contributed by atoms with Crippen LogP contribution in [0.1, 0.15) is 24.0 Å². The molecule has 22 heavy (non-hydrogen) atoms. The van der Waals surface area contributed by atoms with Crippen molar-refractivity contribution < 1.29 is 17.9 Å². The summed E-state index contributed by atoms with van der Waals surface area (Å²) >= 11 is 0. The molecule has 0 spiro atoms. The number of nitrogens with one attached hydrogen (secondary N) is 1. The smallest absolute Gasteiger partial charge is 0.373 e. The van der Waals surface area contributed by atoms with Crippen LogP contribution in [0.2, 0.25) is 0 Å². The van der Waals surface area contributed by atoms with Crippen molar-refractivity contribution in [3.8, 4) is 0 Å². The van der Waals surface area contributed by atoms with Crippen molar-refractivity contribution in [1.29, 1.82) is 0 Å². The minimum atomic E-state index is -4.32. The van der Waals surface area contributed by atoms with Crippen LogP contribution in [0.3, 0.4) is 0 Å². The fourth-order valence-corrected chi connectivity index (χ4v) is 2.70. The molecule has 1 N–H and O–H groups in total. The van der Waals surface area contributed by atoms with Gasteiger partial charge in [-0.05, 0) is 31.5 Å². The summed E-state index contributed by atoms with van der Waals surface area (Å²) in [5.41, 5.74) is -0.380. The lowest BCUT2D eigenvalue weighted by atomic mass is 10.1. The van der Waals surface area contributed by atoms with Crippen molar-refractivity contribution in [3.63, 3.8) is 0 Å². The third kappa shape index (κ3) is 4.97. The number of likely N-dealkylation sites (N-methyl/N-ethyl adjacent to an activating group) is 1. The number of alkyl halides is 3. The number of nitrogens with zero attached hydrogens (tertiary/aromatic N) is 1. The molecular formula is C16H23F3N2O. The Balaban J connectivity index is 1.82. The molecule has 1 fully saturated rings. The van der Waals surface area contributed by atoms with E-state index in [1.54, 1.807) is 6.07 Å². The van der Waals surface area contributed by atoms with Gasteiger partial charge in [-0.15, -0.1) is 0 Å². The zero-order chi connectivity index (χ0) is 16.0. The maximum Gasteiger partial charge on any atom is 0.416 e. The normalized spacial score (nSPS) is 17.8. The Labute approximate surface area is 129 Å². The van der Waals surface area contributed by atoms with E-state index in [0.29, 0.717) is 0 Å². The van der Waals surface area contributed by atoms with E-state index in [0.717, 1.165) is 45.1 Å². The average Bonchev–Trinajstić information content (AvgIpc) is 2.51. The van der Waals surface area contributed by atoms with Crippen LogP contribution in [0.15, 0.2) is 24.3 Å². The second kappa shape index (κ2) is 7.94. The van der Waals surface area contributed by atoms with E-state index in [9.17, 15) is 13.2 Å². The van der Waals surface area contributed by atoms with Crippen molar-refractivity contribution in [2.45, 2.75) is 31.7 Å². The van der Waals surface area contributed by atoms with Crippen LogP contribution < -0.4 is 5.32 Å². The molecule has 0 bridgehead atoms. The molecule has 3 nitrogen and oxygen atoms in total. The lowest BCUT2D eigenvalue weighted by Crippen LogP contribution is -2.40. The van der Waals surface area contributed by atoms with Crippen molar-refractivity contribution in [2.24, 2.45) is 0 Å². The van der Waals surface area contributed by atoms with Gasteiger partial charge in [0.1, 0.15) is 0 Å². The largest absolute Gasteiger partial charge is 0.416 e. The monoisotopic (exact) mass is 316 g/mol. The number of likely N-dealkylation sites (tertiary alicyclic amines) is 1. The van der Waals surface area contributed by atoms with Gasteiger partial charge in [-0.25, -0.2) is 0 Å². The minimum absolute atomic E-state index is 0.0247. The van der Waals surface area contributed by atoms with E-state index in [-0.39, 0.29) is 18.3 Å². The maximum absolute atomic E-state index is 12.9. The predicted octanol–water partition coefficient (Wildman–Crippen LogP) is 2.91. The summed E-state index contributed by atoms with van der Waals surface area (Å²) in [6.07, 6.45) is -2.53. The number of hydrogen-bond acceptors (Lipinski definition) is 3. The Morgan fingerprint density at radius 3 is 2.55 bits per heavy atom. The van der Waals surface area contributed by atoms with Crippen LogP contribution >= 0.6 is 0 Å². The van der Waals surface area contributed by atoms with Gasteiger partial charge < -0.3 is 15.0 Å². The molecule has 124 valence electrons. The summed E-state index contributed by atoms with van der Waals surface area (Å²) in [6, 6.07) is 5.63. The van der Waals surface area contributed by atoms with E-state index in [4.69, 9.17) is 4.74 Å². The molecule has 0 aromatic heterocycles. The summed E-state index contributed by atoms with van der Waals surface area (Å²) in [5, 5.41) is 3.11. The number of rotatable bonds is 6. The van der Waals surface area contributed by atoms with Gasteiger partial charge in [0.15, 0.2) is 0 Å². The van der Waals surface area contributed by atoms with Gasteiger partial charge in [-0.2, -0.15) is 13.2 Å². The lowest BCUT2D eigenvalue weighted by molar-refractivity contribution is -0.139. The molecular weight excluding hydrogens is 293 g/mol. The quantitative estimate of drug-likeness (QED) is 0.873. The Morgan fingerprint density at radius 1 is 1.23 bits per heavy atom. The Kier molecular flexibility index (Phi) is 6.23. The van der Waals surface area contributed by atoms with Gasteiger partial charge in [-0.3, -0.25) is 0 Å². The molecule has 1 heterocycles. The third-order valence-electron chi connectivity index (χ3n) is 4.01. The van der Waals surface area contributed by atoms with Crippen molar-refractivity contribution in [2.75, 3.05) is 33.2 Å². The van der Waals surface area contributed by atoms with E-state index in [1.165, 1.54) is 12.1 Å². The van der Waals surface area contributed by atoms with E-state index >= 15 is 0 Å². The third-order valence-corrected chi connectivity index (χ3v) is 4.01. The summed E-state index contributed by atoms with van der Waals surface area (Å²) in [4.78, 5) is 2.35. The van der Waals surface area contributed by atoms with Crippen LogP contribution in [0, 0.1) is 0 Å². The van der Waals surface area contributed by atoms with Crippen molar-refractivity contribution in [1.82, 2.24) is 10.2 Å². The number of benzene rings is 1. The maximum atomic E-state index is 12.9. The first-order chi connectivity index (χ1) is 10.5. The first-order valence-corrected chi connectivity index (χ1v) is 7.64. The van der Waals surface area contributed by atoms with Gasteiger partial charge >= 0.3 is 6.18 Å². The van der Waals surface area contributed by atoms with E-state index < -0.39 is 11.7 Å². The van der Waals surface area contributed by atoms with Crippen LogP contribution in [-0.2, 0) is 17.5 Å². The zero-order valence-electron chi connectivity index (χ0n) is 12.8. The first-order valence-electron chi connectivity index (χ1n) is 7.64. The second-order valence-electron chi connectivity index (χ2n) is 5.61. The molecule has 1 aliphatic heterocycles. The van der Waals surface area contributed by atoms with Gasteiger partial charge in [0.25, 0.3) is 0 Å². The predicted molar refractivity (Wildman–Crippen MR) is 79.6 cm³/mol. The molecule has 0 saturated carbocycles. The Bertz CT molecular complexity index is 457. The molecule has 6 heteroatoms. The summed E-state index contributed by atoms with van der Waals surface area (Å²) in [7, 11) is 1.92. The Morgan fingerprint density at radius 2 is 1.91 bits per heavy atom. The molecule has 0 radical (unpaired) electrons. The SMILES string of the molecule is CNCCN1CCC(OCc2ccccc2C(F)(F)F)CC1. The topological polar surface area (TPSA) is 24.5 Å². The number of halogens is 3. The van der Waals surface area contributed by atoms with Crippen LogP contribution in [0.4, 0.5) is 13.2 Å². The Hall–Kier alpha value is -1.11. The molecule has 1 saturated heterocycles. The molecule has 1 aromatic carbocycles. The van der Waals surface area contributed by atoms with E-state index in [2.05, 4.69) is 10.2 Å². The van der Waals surface area contributed by atoms with Crippen LogP contribution in [0.25, 0.3) is 0 Å². The minimum Gasteiger partial charge on any atom is -0.373 e. The first kappa shape index (κ1) is 17.2. The highest BCUT2D eigenvalue weighted by molar-refractivity contribution is 5.29. The fourth-order valence-electron chi connectivity index (χ4n) is 2.70.